The summed E-state index contributed by atoms with van der Waals surface area (Å²) in [4.78, 5) is 15.9. The SMILES string of the molecule is Cc1ccc(-n2c(SCCCCCCCC(=O)O)nc(-c3ccccc3)c2-c2ccccc2)cc1. The van der Waals surface area contributed by atoms with Crippen LogP contribution in [0.3, 0.4) is 0 Å². The van der Waals surface area contributed by atoms with Gasteiger partial charge in [-0.15, -0.1) is 0 Å². The second kappa shape index (κ2) is 12.4. The van der Waals surface area contributed by atoms with Gasteiger partial charge in [-0.3, -0.25) is 9.36 Å². The van der Waals surface area contributed by atoms with E-state index in [1.165, 1.54) is 5.56 Å². The van der Waals surface area contributed by atoms with Crippen LogP contribution in [0.15, 0.2) is 90.1 Å². The summed E-state index contributed by atoms with van der Waals surface area (Å²) in [6.45, 7) is 2.11. The number of nitrogens with zero attached hydrogens (tertiary/aromatic N) is 2. The minimum absolute atomic E-state index is 0.271. The highest BCUT2D eigenvalue weighted by molar-refractivity contribution is 7.99. The molecule has 1 heterocycles. The highest BCUT2D eigenvalue weighted by atomic mass is 32.2. The van der Waals surface area contributed by atoms with E-state index in [9.17, 15) is 4.79 Å². The first kappa shape index (κ1) is 24.8. The van der Waals surface area contributed by atoms with E-state index in [0.29, 0.717) is 0 Å². The number of imidazole rings is 1. The lowest BCUT2D eigenvalue weighted by atomic mass is 10.0. The number of hydrogen-bond donors (Lipinski definition) is 1. The maximum absolute atomic E-state index is 10.7. The van der Waals surface area contributed by atoms with Crippen LogP contribution < -0.4 is 0 Å². The fourth-order valence-corrected chi connectivity index (χ4v) is 5.17. The highest BCUT2D eigenvalue weighted by Gasteiger charge is 2.21. The van der Waals surface area contributed by atoms with Crippen LogP contribution in [0, 0.1) is 6.92 Å². The largest absolute Gasteiger partial charge is 0.481 e. The minimum Gasteiger partial charge on any atom is -0.481 e. The molecule has 35 heavy (non-hydrogen) atoms. The second-order valence-corrected chi connectivity index (χ2v) is 9.82. The Morgan fingerprint density at radius 2 is 1.40 bits per heavy atom. The third-order valence-corrected chi connectivity index (χ3v) is 7.02. The summed E-state index contributed by atoms with van der Waals surface area (Å²) in [6, 6.07) is 29.6. The summed E-state index contributed by atoms with van der Waals surface area (Å²) in [5, 5.41) is 9.79. The van der Waals surface area contributed by atoms with Crippen molar-refractivity contribution < 1.29 is 9.90 Å². The number of aromatic nitrogens is 2. The topological polar surface area (TPSA) is 55.1 Å². The molecule has 4 rings (SSSR count). The van der Waals surface area contributed by atoms with Gasteiger partial charge in [-0.05, 0) is 31.9 Å². The van der Waals surface area contributed by atoms with Crippen LogP contribution in [-0.4, -0.2) is 26.4 Å². The van der Waals surface area contributed by atoms with Crippen molar-refractivity contribution in [3.63, 3.8) is 0 Å². The molecule has 0 aliphatic rings. The second-order valence-electron chi connectivity index (χ2n) is 8.75. The molecule has 0 saturated heterocycles. The fourth-order valence-electron chi connectivity index (χ4n) is 4.16. The standard InChI is InChI=1S/C30H32N2O2S/c1-23-18-20-26(21-19-23)32-29(25-15-9-6-10-16-25)28(24-13-7-5-8-14-24)31-30(32)35-22-12-4-2-3-11-17-27(33)34/h5-10,13-16,18-21H,2-4,11-12,17,22H2,1H3,(H,33,34). The van der Waals surface area contributed by atoms with Crippen molar-refractivity contribution in [3.8, 4) is 28.2 Å². The first-order valence-electron chi connectivity index (χ1n) is 12.3. The van der Waals surface area contributed by atoms with Crippen molar-refractivity contribution in [2.45, 2.75) is 50.6 Å². The number of aliphatic carboxylic acids is 1. The molecule has 0 radical (unpaired) electrons. The van der Waals surface area contributed by atoms with Gasteiger partial charge >= 0.3 is 5.97 Å². The van der Waals surface area contributed by atoms with Crippen LogP contribution in [0.2, 0.25) is 0 Å². The van der Waals surface area contributed by atoms with Crippen LogP contribution in [0.4, 0.5) is 0 Å². The lowest BCUT2D eigenvalue weighted by Gasteiger charge is -2.13. The van der Waals surface area contributed by atoms with E-state index in [2.05, 4.69) is 84.3 Å². The number of carboxylic acid groups (broad SMARTS) is 1. The number of hydrogen-bond acceptors (Lipinski definition) is 3. The molecule has 0 fully saturated rings. The Hall–Kier alpha value is -3.31. The molecule has 1 N–H and O–H groups in total. The molecule has 180 valence electrons. The van der Waals surface area contributed by atoms with Gasteiger partial charge in [0, 0.05) is 29.0 Å². The summed E-state index contributed by atoms with van der Waals surface area (Å²) < 4.78 is 2.30. The maximum Gasteiger partial charge on any atom is 0.303 e. The highest BCUT2D eigenvalue weighted by Crippen LogP contribution is 2.38. The van der Waals surface area contributed by atoms with Gasteiger partial charge in [0.1, 0.15) is 0 Å². The van der Waals surface area contributed by atoms with E-state index in [0.717, 1.165) is 71.2 Å². The summed E-state index contributed by atoms with van der Waals surface area (Å²) in [5.74, 6) is 0.275. The monoisotopic (exact) mass is 484 g/mol. The number of carbonyl (C=O) groups is 1. The Kier molecular flexibility index (Phi) is 8.79. The molecule has 0 aliphatic heterocycles. The average Bonchev–Trinajstić information content (AvgIpc) is 3.26. The molecule has 0 saturated carbocycles. The van der Waals surface area contributed by atoms with Gasteiger partial charge in [0.15, 0.2) is 5.16 Å². The molecule has 3 aromatic carbocycles. The van der Waals surface area contributed by atoms with Gasteiger partial charge in [0.05, 0.1) is 11.4 Å². The zero-order valence-corrected chi connectivity index (χ0v) is 21.0. The van der Waals surface area contributed by atoms with Crippen molar-refractivity contribution in [2.75, 3.05) is 5.75 Å². The third-order valence-electron chi connectivity index (χ3n) is 6.00. The zero-order valence-electron chi connectivity index (χ0n) is 20.2. The normalized spacial score (nSPS) is 11.0. The molecule has 0 spiro atoms. The molecular formula is C30H32N2O2S. The number of carboxylic acids is 1. The van der Waals surface area contributed by atoms with E-state index in [-0.39, 0.29) is 6.42 Å². The van der Waals surface area contributed by atoms with Crippen molar-refractivity contribution in [3.05, 3.63) is 90.5 Å². The Balaban J connectivity index is 1.63. The Morgan fingerprint density at radius 1 is 0.800 bits per heavy atom. The van der Waals surface area contributed by atoms with Gasteiger partial charge in [-0.2, -0.15) is 0 Å². The van der Waals surface area contributed by atoms with Crippen LogP contribution in [0.1, 0.15) is 44.1 Å². The Morgan fingerprint density at radius 3 is 2.06 bits per heavy atom. The van der Waals surface area contributed by atoms with E-state index < -0.39 is 5.97 Å². The summed E-state index contributed by atoms with van der Waals surface area (Å²) >= 11 is 1.80. The molecule has 4 aromatic rings. The molecule has 0 aliphatic carbocycles. The van der Waals surface area contributed by atoms with Crippen molar-refractivity contribution in [1.29, 1.82) is 0 Å². The van der Waals surface area contributed by atoms with E-state index in [4.69, 9.17) is 10.1 Å². The van der Waals surface area contributed by atoms with Crippen LogP contribution in [0.5, 0.6) is 0 Å². The summed E-state index contributed by atoms with van der Waals surface area (Å²) in [7, 11) is 0. The van der Waals surface area contributed by atoms with Crippen molar-refractivity contribution in [1.82, 2.24) is 9.55 Å². The van der Waals surface area contributed by atoms with Gasteiger partial charge in [-0.1, -0.05) is 109 Å². The zero-order chi connectivity index (χ0) is 24.5. The number of thioether (sulfide) groups is 1. The van der Waals surface area contributed by atoms with Gasteiger partial charge in [-0.25, -0.2) is 4.98 Å². The average molecular weight is 485 g/mol. The molecule has 0 bridgehead atoms. The first-order valence-corrected chi connectivity index (χ1v) is 13.3. The van der Waals surface area contributed by atoms with Gasteiger partial charge in [0.2, 0.25) is 0 Å². The molecular weight excluding hydrogens is 452 g/mol. The molecule has 0 amide bonds. The lowest BCUT2D eigenvalue weighted by molar-refractivity contribution is -0.137. The first-order chi connectivity index (χ1) is 17.1. The Bertz CT molecular complexity index is 1220. The molecule has 0 unspecified atom stereocenters. The maximum atomic E-state index is 10.7. The number of unbranched alkanes of at least 4 members (excludes halogenated alkanes) is 4. The predicted molar refractivity (Wildman–Crippen MR) is 145 cm³/mol. The van der Waals surface area contributed by atoms with Crippen molar-refractivity contribution in [2.24, 2.45) is 0 Å². The minimum atomic E-state index is -0.702. The van der Waals surface area contributed by atoms with Crippen LogP contribution in [-0.2, 0) is 4.79 Å². The van der Waals surface area contributed by atoms with Gasteiger partial charge in [0.25, 0.3) is 0 Å². The van der Waals surface area contributed by atoms with Crippen LogP contribution in [0.25, 0.3) is 28.2 Å². The van der Waals surface area contributed by atoms with E-state index in [1.807, 2.05) is 12.1 Å². The lowest BCUT2D eigenvalue weighted by Crippen LogP contribution is -2.00. The van der Waals surface area contributed by atoms with Crippen LogP contribution >= 0.6 is 11.8 Å². The van der Waals surface area contributed by atoms with Gasteiger partial charge < -0.3 is 5.11 Å². The number of rotatable bonds is 12. The van der Waals surface area contributed by atoms with E-state index >= 15 is 0 Å². The fraction of sp³-hybridized carbons (Fsp3) is 0.267. The summed E-state index contributed by atoms with van der Waals surface area (Å²) in [5.41, 5.74) is 6.70. The predicted octanol–water partition coefficient (Wildman–Crippen LogP) is 8.03. The van der Waals surface area contributed by atoms with E-state index in [1.54, 1.807) is 11.8 Å². The quantitative estimate of drug-likeness (QED) is 0.163. The molecule has 0 atom stereocenters. The smallest absolute Gasteiger partial charge is 0.303 e. The molecule has 5 heteroatoms. The Labute approximate surface area is 212 Å². The van der Waals surface area contributed by atoms with Crippen molar-refractivity contribution >= 4 is 17.7 Å². The number of aryl methyl sites for hydroxylation is 1. The number of benzene rings is 3. The molecule has 1 aromatic heterocycles. The third kappa shape index (κ3) is 6.64. The molecule has 4 nitrogen and oxygen atoms in total. The summed E-state index contributed by atoms with van der Waals surface area (Å²) in [6.07, 6.45) is 5.28.